The van der Waals surface area contributed by atoms with Crippen LogP contribution in [0.3, 0.4) is 0 Å². The first-order valence-corrected chi connectivity index (χ1v) is 8.68. The molecule has 6 nitrogen and oxygen atoms in total. The van der Waals surface area contributed by atoms with E-state index < -0.39 is 11.5 Å². The van der Waals surface area contributed by atoms with Crippen molar-refractivity contribution in [2.24, 2.45) is 5.14 Å². The van der Waals surface area contributed by atoms with E-state index in [1.165, 1.54) is 11.1 Å². The summed E-state index contributed by atoms with van der Waals surface area (Å²) < 4.78 is 13.4. The van der Waals surface area contributed by atoms with Crippen molar-refractivity contribution in [2.75, 3.05) is 18.4 Å². The molecule has 4 N–H and O–H groups in total. The predicted octanol–water partition coefficient (Wildman–Crippen LogP) is 2.04. The lowest BCUT2D eigenvalue weighted by molar-refractivity contribution is 0.578. The number of aromatic nitrogens is 1. The third-order valence-corrected chi connectivity index (χ3v) is 4.24. The van der Waals surface area contributed by atoms with Crippen molar-refractivity contribution in [2.45, 2.75) is 26.7 Å². The van der Waals surface area contributed by atoms with E-state index in [9.17, 15) is 9.81 Å². The summed E-state index contributed by atoms with van der Waals surface area (Å²) >= 11 is -1.46. The Morgan fingerprint density at radius 3 is 2.65 bits per heavy atom. The zero-order valence-corrected chi connectivity index (χ0v) is 14.2. The molecule has 1 heterocycles. The summed E-state index contributed by atoms with van der Waals surface area (Å²) in [4.78, 5) is 4.37. The molecule has 1 aromatic carbocycles. The van der Waals surface area contributed by atoms with Gasteiger partial charge >= 0.3 is 0 Å². The molecule has 7 heteroatoms. The third kappa shape index (κ3) is 4.56. The van der Waals surface area contributed by atoms with Crippen molar-refractivity contribution in [3.05, 3.63) is 35.0 Å². The van der Waals surface area contributed by atoms with Crippen LogP contribution >= 0.6 is 0 Å². The number of nitriles is 1. The van der Waals surface area contributed by atoms with Crippen LogP contribution in [0.25, 0.3) is 10.9 Å². The number of aryl methyl sites for hydroxylation is 2. The van der Waals surface area contributed by atoms with Gasteiger partial charge in [-0.05, 0) is 49.9 Å². The van der Waals surface area contributed by atoms with E-state index in [0.717, 1.165) is 36.0 Å². The van der Waals surface area contributed by atoms with E-state index >= 15 is 0 Å². The number of nitrogens with two attached hydrogens (primary N) is 1. The second-order valence-electron chi connectivity index (χ2n) is 5.44. The summed E-state index contributed by atoms with van der Waals surface area (Å²) in [6, 6.07) is 6.30. The molecule has 0 radical (unpaired) electrons. The van der Waals surface area contributed by atoms with Gasteiger partial charge in [0.2, 0.25) is 0 Å². The van der Waals surface area contributed by atoms with Crippen molar-refractivity contribution in [1.82, 2.24) is 9.71 Å². The lowest BCUT2D eigenvalue weighted by Crippen LogP contribution is -2.31. The zero-order valence-electron chi connectivity index (χ0n) is 13.3. The number of anilines is 1. The Morgan fingerprint density at radius 1 is 1.26 bits per heavy atom. The lowest BCUT2D eigenvalue weighted by Gasteiger charge is -2.13. The fourth-order valence-corrected chi connectivity index (χ4v) is 2.71. The molecule has 1 aromatic heterocycles. The third-order valence-electron chi connectivity index (χ3n) is 3.75. The van der Waals surface area contributed by atoms with Gasteiger partial charge in [0.1, 0.15) is 17.6 Å². The monoisotopic (exact) mass is 331 g/mol. The molecule has 0 saturated heterocycles. The minimum atomic E-state index is -1.46. The molecule has 0 saturated carbocycles. The summed E-state index contributed by atoms with van der Waals surface area (Å²) in [6.45, 7) is 5.43. The van der Waals surface area contributed by atoms with Crippen LogP contribution in [0.5, 0.6) is 0 Å². The van der Waals surface area contributed by atoms with Gasteiger partial charge in [0.05, 0.1) is 16.8 Å². The maximum Gasteiger partial charge on any atom is 0.132 e. The highest BCUT2D eigenvalue weighted by atomic mass is 32.2. The maximum absolute atomic E-state index is 10.7. The van der Waals surface area contributed by atoms with Gasteiger partial charge in [0, 0.05) is 24.7 Å². The van der Waals surface area contributed by atoms with Crippen molar-refractivity contribution in [3.63, 3.8) is 0 Å². The topological polar surface area (TPSA) is 110 Å². The molecule has 0 spiro atoms. The highest BCUT2D eigenvalue weighted by Crippen LogP contribution is 2.28. The SMILES string of the molecule is Cc1cc2ncc(C#N)c(NCCCCN[S+](N)[O-])c2cc1C. The highest BCUT2D eigenvalue weighted by Gasteiger charge is 2.10. The Morgan fingerprint density at radius 2 is 1.96 bits per heavy atom. The summed E-state index contributed by atoms with van der Waals surface area (Å²) in [7, 11) is 0. The Balaban J connectivity index is 2.12. The maximum atomic E-state index is 10.7. The molecule has 0 amide bonds. The van der Waals surface area contributed by atoms with Crippen LogP contribution in [0.4, 0.5) is 5.69 Å². The summed E-state index contributed by atoms with van der Waals surface area (Å²) in [5.74, 6) is 0. The Labute approximate surface area is 139 Å². The van der Waals surface area contributed by atoms with Crippen LogP contribution in [0.15, 0.2) is 18.3 Å². The number of hydrogen-bond donors (Lipinski definition) is 3. The number of hydrogen-bond acceptors (Lipinski definition) is 6. The number of nitrogens with one attached hydrogen (secondary N) is 2. The smallest absolute Gasteiger partial charge is 0.132 e. The van der Waals surface area contributed by atoms with Crippen LogP contribution in [0.2, 0.25) is 0 Å². The van der Waals surface area contributed by atoms with Crippen molar-refractivity contribution in [1.29, 1.82) is 5.26 Å². The summed E-state index contributed by atoms with van der Waals surface area (Å²) in [5.41, 5.74) is 4.61. The first kappa shape index (κ1) is 17.5. The van der Waals surface area contributed by atoms with E-state index in [-0.39, 0.29) is 0 Å². The normalized spacial score (nSPS) is 12.1. The minimum Gasteiger partial charge on any atom is -0.579 e. The van der Waals surface area contributed by atoms with Gasteiger partial charge < -0.3 is 9.87 Å². The molecule has 0 aliphatic heterocycles. The van der Waals surface area contributed by atoms with Crippen molar-refractivity contribution < 1.29 is 4.55 Å². The van der Waals surface area contributed by atoms with Gasteiger partial charge in [-0.1, -0.05) is 0 Å². The number of unbranched alkanes of at least 4 members (excludes halogenated alkanes) is 1. The van der Waals surface area contributed by atoms with Crippen molar-refractivity contribution in [3.8, 4) is 6.07 Å². The minimum absolute atomic E-state index is 0.543. The average molecular weight is 331 g/mol. The average Bonchev–Trinajstić information content (AvgIpc) is 2.51. The van der Waals surface area contributed by atoms with Crippen molar-refractivity contribution >= 4 is 28.1 Å². The van der Waals surface area contributed by atoms with Crippen LogP contribution in [0.1, 0.15) is 29.5 Å². The van der Waals surface area contributed by atoms with Gasteiger partial charge in [-0.25, -0.2) is 0 Å². The molecule has 122 valence electrons. The van der Waals surface area contributed by atoms with E-state index in [0.29, 0.717) is 12.1 Å². The molecular formula is C16H21N5OS. The quantitative estimate of drug-likeness (QED) is 0.529. The first-order valence-electron chi connectivity index (χ1n) is 7.46. The number of benzene rings is 1. The van der Waals surface area contributed by atoms with Crippen LogP contribution < -0.4 is 15.2 Å². The summed E-state index contributed by atoms with van der Waals surface area (Å²) in [5, 5.41) is 18.8. The van der Waals surface area contributed by atoms with E-state index in [2.05, 4.69) is 41.0 Å². The Hall–Kier alpha value is -1.85. The van der Waals surface area contributed by atoms with Gasteiger partial charge in [0.15, 0.2) is 0 Å². The molecule has 0 fully saturated rings. The van der Waals surface area contributed by atoms with Crippen LogP contribution in [-0.2, 0) is 11.5 Å². The predicted molar refractivity (Wildman–Crippen MR) is 94.0 cm³/mol. The fraction of sp³-hybridized carbons (Fsp3) is 0.375. The molecule has 2 rings (SSSR count). The molecule has 1 atom stereocenters. The number of pyridine rings is 1. The second-order valence-corrected chi connectivity index (χ2v) is 6.32. The summed E-state index contributed by atoms with van der Waals surface area (Å²) in [6.07, 6.45) is 3.33. The fourth-order valence-electron chi connectivity index (χ4n) is 2.36. The van der Waals surface area contributed by atoms with Crippen LogP contribution in [-0.4, -0.2) is 22.6 Å². The largest absolute Gasteiger partial charge is 0.579 e. The zero-order chi connectivity index (χ0) is 16.8. The first-order chi connectivity index (χ1) is 11.0. The number of nitrogens with zero attached hydrogens (tertiary/aromatic N) is 2. The standard InChI is InChI=1S/C16H21N5OS/c1-11-7-14-15(8-12(11)2)20-10-13(9-17)16(14)19-5-3-4-6-21-23(18)22/h7-8,10,21H,3-6,18H2,1-2H3,(H,19,20). The van der Waals surface area contributed by atoms with E-state index in [1.54, 1.807) is 6.20 Å². The Bertz CT molecular complexity index is 726. The number of fused-ring (bicyclic) bond motifs is 1. The molecule has 23 heavy (non-hydrogen) atoms. The molecule has 0 bridgehead atoms. The van der Waals surface area contributed by atoms with Gasteiger partial charge in [0.25, 0.3) is 0 Å². The van der Waals surface area contributed by atoms with Crippen LogP contribution in [0, 0.1) is 25.2 Å². The molecule has 1 unspecified atom stereocenters. The molecule has 0 aliphatic rings. The van der Waals surface area contributed by atoms with Gasteiger partial charge in [-0.2, -0.15) is 5.26 Å². The molecule has 2 aromatic rings. The van der Waals surface area contributed by atoms with Gasteiger partial charge in [-0.15, -0.1) is 9.86 Å². The number of rotatable bonds is 7. The lowest BCUT2D eigenvalue weighted by atomic mass is 10.0. The molecular weight excluding hydrogens is 310 g/mol. The Kier molecular flexibility index (Phi) is 6.19. The highest BCUT2D eigenvalue weighted by molar-refractivity contribution is 7.87. The van der Waals surface area contributed by atoms with E-state index in [1.807, 2.05) is 6.07 Å². The second kappa shape index (κ2) is 8.13. The molecule has 0 aliphatic carbocycles. The van der Waals surface area contributed by atoms with E-state index in [4.69, 9.17) is 5.14 Å². The van der Waals surface area contributed by atoms with Gasteiger partial charge in [-0.3, -0.25) is 4.98 Å².